The first-order valence-corrected chi connectivity index (χ1v) is 11.8. The lowest BCUT2D eigenvalue weighted by Gasteiger charge is -2.22. The van der Waals surface area contributed by atoms with Crippen molar-refractivity contribution in [3.8, 4) is 0 Å². The zero-order valence-corrected chi connectivity index (χ0v) is 19.5. The van der Waals surface area contributed by atoms with E-state index in [-0.39, 0.29) is 11.4 Å². The van der Waals surface area contributed by atoms with Crippen LogP contribution in [0.15, 0.2) is 82.8 Å². The van der Waals surface area contributed by atoms with E-state index in [9.17, 15) is 13.2 Å². The molecule has 3 aromatic carbocycles. The van der Waals surface area contributed by atoms with Crippen LogP contribution in [0.2, 0.25) is 10.0 Å². The van der Waals surface area contributed by atoms with E-state index in [4.69, 9.17) is 23.2 Å². The Morgan fingerprint density at radius 1 is 1.00 bits per heavy atom. The third-order valence-electron chi connectivity index (χ3n) is 4.63. The van der Waals surface area contributed by atoms with Gasteiger partial charge in [-0.15, -0.1) is 0 Å². The van der Waals surface area contributed by atoms with E-state index < -0.39 is 22.5 Å². The normalized spacial score (nSPS) is 11.8. The molecule has 0 unspecified atom stereocenters. The highest BCUT2D eigenvalue weighted by atomic mass is 35.5. The average Bonchev–Trinajstić information content (AvgIpc) is 2.75. The van der Waals surface area contributed by atoms with Gasteiger partial charge in [0.2, 0.25) is 10.0 Å². The molecule has 3 rings (SSSR count). The van der Waals surface area contributed by atoms with Crippen molar-refractivity contribution in [3.63, 3.8) is 0 Å². The molecule has 32 heavy (non-hydrogen) atoms. The summed E-state index contributed by atoms with van der Waals surface area (Å²) in [6.45, 7) is 1.51. The van der Waals surface area contributed by atoms with Crippen LogP contribution < -0.4 is 5.43 Å². The molecule has 3 aromatic rings. The molecule has 1 amide bonds. The minimum absolute atomic E-state index is 0.0308. The third-order valence-corrected chi connectivity index (χ3v) is 6.92. The van der Waals surface area contributed by atoms with E-state index in [2.05, 4.69) is 10.5 Å². The second-order valence-electron chi connectivity index (χ2n) is 7.00. The van der Waals surface area contributed by atoms with Gasteiger partial charge in [0.25, 0.3) is 5.91 Å². The quantitative estimate of drug-likeness (QED) is 0.369. The largest absolute Gasteiger partial charge is 0.272 e. The Labute approximate surface area is 197 Å². The van der Waals surface area contributed by atoms with Gasteiger partial charge in [0, 0.05) is 16.6 Å². The van der Waals surface area contributed by atoms with Crippen LogP contribution in [0.5, 0.6) is 0 Å². The van der Waals surface area contributed by atoms with Crippen LogP contribution in [0.3, 0.4) is 0 Å². The Hall–Kier alpha value is -2.71. The molecule has 6 nitrogen and oxygen atoms in total. The van der Waals surface area contributed by atoms with Crippen LogP contribution in [0.1, 0.15) is 16.7 Å². The molecule has 0 aliphatic carbocycles. The van der Waals surface area contributed by atoms with E-state index in [0.29, 0.717) is 15.6 Å². The second-order valence-corrected chi connectivity index (χ2v) is 9.81. The summed E-state index contributed by atoms with van der Waals surface area (Å²) < 4.78 is 27.7. The van der Waals surface area contributed by atoms with Gasteiger partial charge in [-0.2, -0.15) is 9.41 Å². The summed E-state index contributed by atoms with van der Waals surface area (Å²) in [6, 6.07) is 20.2. The van der Waals surface area contributed by atoms with Crippen molar-refractivity contribution in [3.05, 3.63) is 99.5 Å². The number of sulfonamides is 1. The predicted octanol–water partition coefficient (Wildman–Crippen LogP) is 4.64. The number of hydrogen-bond donors (Lipinski definition) is 1. The number of hydrogen-bond acceptors (Lipinski definition) is 4. The van der Waals surface area contributed by atoms with Crippen molar-refractivity contribution < 1.29 is 13.2 Å². The Morgan fingerprint density at radius 3 is 2.41 bits per heavy atom. The Balaban J connectivity index is 1.81. The minimum Gasteiger partial charge on any atom is -0.272 e. The number of nitrogens with zero attached hydrogens (tertiary/aromatic N) is 2. The maximum Gasteiger partial charge on any atom is 0.255 e. The van der Waals surface area contributed by atoms with Gasteiger partial charge in [-0.1, -0.05) is 59.6 Å². The summed E-state index contributed by atoms with van der Waals surface area (Å²) in [4.78, 5) is 12.6. The summed E-state index contributed by atoms with van der Waals surface area (Å²) in [6.07, 6.45) is 1.43. The maximum absolute atomic E-state index is 13.3. The number of carbonyl (C=O) groups excluding carboxylic acids is 1. The predicted molar refractivity (Wildman–Crippen MR) is 127 cm³/mol. The van der Waals surface area contributed by atoms with E-state index in [1.807, 2.05) is 31.2 Å². The molecule has 0 saturated carbocycles. The van der Waals surface area contributed by atoms with Crippen LogP contribution in [-0.4, -0.2) is 31.4 Å². The zero-order valence-electron chi connectivity index (χ0n) is 17.2. The van der Waals surface area contributed by atoms with Gasteiger partial charge in [-0.3, -0.25) is 4.79 Å². The molecule has 0 aliphatic heterocycles. The lowest BCUT2D eigenvalue weighted by atomic mass is 10.1. The zero-order chi connectivity index (χ0) is 23.1. The Bertz CT molecular complexity index is 1230. The molecule has 0 fully saturated rings. The second kappa shape index (κ2) is 10.7. The first kappa shape index (κ1) is 23.9. The van der Waals surface area contributed by atoms with Gasteiger partial charge in [-0.25, -0.2) is 13.8 Å². The van der Waals surface area contributed by atoms with Gasteiger partial charge in [-0.05, 0) is 60.0 Å². The topological polar surface area (TPSA) is 78.8 Å². The van der Waals surface area contributed by atoms with Crippen LogP contribution in [-0.2, 0) is 21.4 Å². The van der Waals surface area contributed by atoms with Gasteiger partial charge in [0.1, 0.15) is 0 Å². The van der Waals surface area contributed by atoms with Gasteiger partial charge in [0.05, 0.1) is 17.7 Å². The van der Waals surface area contributed by atoms with Crippen molar-refractivity contribution >= 4 is 45.3 Å². The average molecular weight is 490 g/mol. The third kappa shape index (κ3) is 6.40. The summed E-state index contributed by atoms with van der Waals surface area (Å²) in [5, 5.41) is 4.86. The molecular weight excluding hydrogens is 469 g/mol. The fourth-order valence-corrected chi connectivity index (χ4v) is 4.62. The van der Waals surface area contributed by atoms with Gasteiger partial charge >= 0.3 is 0 Å². The van der Waals surface area contributed by atoms with Gasteiger partial charge in [0.15, 0.2) is 0 Å². The first-order valence-electron chi connectivity index (χ1n) is 9.63. The highest BCUT2D eigenvalue weighted by Crippen LogP contribution is 2.21. The summed E-state index contributed by atoms with van der Waals surface area (Å²) in [7, 11) is -3.97. The Morgan fingerprint density at radius 2 is 1.72 bits per heavy atom. The molecule has 0 saturated heterocycles. The van der Waals surface area contributed by atoms with Gasteiger partial charge < -0.3 is 0 Å². The van der Waals surface area contributed by atoms with Crippen LogP contribution >= 0.6 is 23.2 Å². The standard InChI is InChI=1S/C23H21Cl2N3O3S/c1-17-5-2-3-7-19(17)15-28(32(30,31)22-11-9-20(24)10-12-22)16-23(29)27-26-14-18-6-4-8-21(25)13-18/h2-14H,15-16H2,1H3,(H,27,29)/b26-14-. The van der Waals surface area contributed by atoms with Crippen molar-refractivity contribution in [1.29, 1.82) is 0 Å². The van der Waals surface area contributed by atoms with Crippen molar-refractivity contribution in [2.24, 2.45) is 5.10 Å². The molecule has 0 aromatic heterocycles. The molecule has 166 valence electrons. The highest BCUT2D eigenvalue weighted by molar-refractivity contribution is 7.89. The lowest BCUT2D eigenvalue weighted by molar-refractivity contribution is -0.121. The maximum atomic E-state index is 13.3. The summed E-state index contributed by atoms with van der Waals surface area (Å²) >= 11 is 11.8. The first-order chi connectivity index (χ1) is 15.3. The van der Waals surface area contributed by atoms with Crippen molar-refractivity contribution in [2.45, 2.75) is 18.4 Å². The smallest absolute Gasteiger partial charge is 0.255 e. The molecule has 0 atom stereocenters. The number of benzene rings is 3. The number of amides is 1. The molecule has 0 heterocycles. The van der Waals surface area contributed by atoms with Crippen molar-refractivity contribution in [2.75, 3.05) is 6.54 Å². The molecule has 0 aliphatic rings. The molecule has 9 heteroatoms. The van der Waals surface area contributed by atoms with E-state index in [0.717, 1.165) is 15.4 Å². The lowest BCUT2D eigenvalue weighted by Crippen LogP contribution is -2.39. The SMILES string of the molecule is Cc1ccccc1CN(CC(=O)N/N=C\c1cccc(Cl)c1)S(=O)(=O)c1ccc(Cl)cc1. The van der Waals surface area contributed by atoms with Crippen LogP contribution in [0, 0.1) is 6.92 Å². The van der Waals surface area contributed by atoms with Crippen LogP contribution in [0.25, 0.3) is 0 Å². The minimum atomic E-state index is -3.97. The van der Waals surface area contributed by atoms with Crippen molar-refractivity contribution in [1.82, 2.24) is 9.73 Å². The van der Waals surface area contributed by atoms with E-state index >= 15 is 0 Å². The molecule has 0 bridgehead atoms. The number of rotatable bonds is 8. The summed E-state index contributed by atoms with van der Waals surface area (Å²) in [5.41, 5.74) is 4.78. The Kier molecular flexibility index (Phi) is 8.04. The number of aryl methyl sites for hydroxylation is 1. The highest BCUT2D eigenvalue weighted by Gasteiger charge is 2.27. The monoisotopic (exact) mass is 489 g/mol. The number of halogens is 2. The molecule has 1 N–H and O–H groups in total. The number of carbonyl (C=O) groups is 1. The number of hydrazone groups is 1. The fourth-order valence-electron chi connectivity index (χ4n) is 2.92. The molecular formula is C23H21Cl2N3O3S. The molecule has 0 radical (unpaired) electrons. The fraction of sp³-hybridized carbons (Fsp3) is 0.130. The van der Waals surface area contributed by atoms with Crippen LogP contribution in [0.4, 0.5) is 0 Å². The molecule has 0 spiro atoms. The number of nitrogens with one attached hydrogen (secondary N) is 1. The van der Waals surface area contributed by atoms with E-state index in [1.54, 1.807) is 24.3 Å². The summed E-state index contributed by atoms with van der Waals surface area (Å²) in [5.74, 6) is -0.575. The van der Waals surface area contributed by atoms with E-state index in [1.165, 1.54) is 30.5 Å².